The Bertz CT molecular complexity index is 374. The van der Waals surface area contributed by atoms with Crippen LogP contribution in [0, 0.1) is 5.92 Å². The molecule has 0 amide bonds. The number of fused-ring (bicyclic) bond motifs is 2. The predicted octanol–water partition coefficient (Wildman–Crippen LogP) is 2.27. The average molecular weight is 205 g/mol. The van der Waals surface area contributed by atoms with Gasteiger partial charge in [-0.3, -0.25) is 0 Å². The molecule has 2 aliphatic rings. The van der Waals surface area contributed by atoms with E-state index in [2.05, 4.69) is 25.2 Å². The lowest BCUT2D eigenvalue weighted by Gasteiger charge is -2.26. The van der Waals surface area contributed by atoms with Crippen LogP contribution in [0.2, 0.25) is 0 Å². The molecule has 2 unspecified atom stereocenters. The summed E-state index contributed by atoms with van der Waals surface area (Å²) >= 11 is 0. The summed E-state index contributed by atoms with van der Waals surface area (Å²) in [6, 6.07) is 2.28. The molecule has 2 nitrogen and oxygen atoms in total. The third-order valence-corrected chi connectivity index (χ3v) is 4.32. The molecule has 0 aromatic carbocycles. The molecule has 3 rings (SSSR count). The molecule has 0 bridgehead atoms. The van der Waals surface area contributed by atoms with Crippen LogP contribution in [0.15, 0.2) is 10.5 Å². The Labute approximate surface area is 91.0 Å². The van der Waals surface area contributed by atoms with Crippen LogP contribution in [0.5, 0.6) is 0 Å². The molecule has 15 heavy (non-hydrogen) atoms. The highest BCUT2D eigenvalue weighted by Gasteiger charge is 2.49. The van der Waals surface area contributed by atoms with Crippen molar-refractivity contribution in [1.29, 1.82) is 0 Å². The van der Waals surface area contributed by atoms with Gasteiger partial charge in [-0.05, 0) is 36.9 Å². The second-order valence-electron chi connectivity index (χ2n) is 5.11. The average Bonchev–Trinajstić information content (AvgIpc) is 2.86. The Morgan fingerprint density at radius 2 is 2.47 bits per heavy atom. The van der Waals surface area contributed by atoms with Gasteiger partial charge in [-0.2, -0.15) is 0 Å². The molecule has 0 radical (unpaired) electrons. The first kappa shape index (κ1) is 9.46. The van der Waals surface area contributed by atoms with Crippen molar-refractivity contribution in [2.75, 3.05) is 13.1 Å². The van der Waals surface area contributed by atoms with E-state index in [0.717, 1.165) is 31.2 Å². The smallest absolute Gasteiger partial charge is 0.115 e. The van der Waals surface area contributed by atoms with Crippen molar-refractivity contribution >= 4 is 0 Å². The molecular weight excluding hydrogens is 186 g/mol. The first-order chi connectivity index (χ1) is 7.26. The Morgan fingerprint density at radius 1 is 1.60 bits per heavy atom. The van der Waals surface area contributed by atoms with Gasteiger partial charge in [0.2, 0.25) is 0 Å². The van der Waals surface area contributed by atoms with Gasteiger partial charge in [0, 0.05) is 18.4 Å². The molecule has 0 saturated carbocycles. The highest BCUT2D eigenvalue weighted by Crippen LogP contribution is 2.48. The van der Waals surface area contributed by atoms with Gasteiger partial charge in [0.25, 0.3) is 0 Å². The summed E-state index contributed by atoms with van der Waals surface area (Å²) in [7, 11) is 0. The minimum atomic E-state index is 0.322. The number of hydrogen-bond acceptors (Lipinski definition) is 2. The Hall–Kier alpha value is -0.760. The lowest BCUT2D eigenvalue weighted by atomic mass is 9.78. The standard InChI is InChI=1S/C13H19NO/c1-3-11-7-10-6-9(2)13(12(10)15-11)4-5-14-8-13/h7,9,14H,3-6,8H2,1-2H3. The molecule has 1 aromatic heterocycles. The minimum absolute atomic E-state index is 0.322. The van der Waals surface area contributed by atoms with E-state index in [0.29, 0.717) is 5.41 Å². The quantitative estimate of drug-likeness (QED) is 0.761. The van der Waals surface area contributed by atoms with Crippen LogP contribution >= 0.6 is 0 Å². The third-order valence-electron chi connectivity index (χ3n) is 4.32. The summed E-state index contributed by atoms with van der Waals surface area (Å²) in [5, 5.41) is 3.49. The largest absolute Gasteiger partial charge is 0.465 e. The van der Waals surface area contributed by atoms with Gasteiger partial charge < -0.3 is 9.73 Å². The fraction of sp³-hybridized carbons (Fsp3) is 0.692. The number of rotatable bonds is 1. The molecule has 1 N–H and O–H groups in total. The molecule has 1 spiro atoms. The van der Waals surface area contributed by atoms with Crippen molar-refractivity contribution in [2.24, 2.45) is 5.92 Å². The van der Waals surface area contributed by atoms with Crippen molar-refractivity contribution in [1.82, 2.24) is 5.32 Å². The first-order valence-corrected chi connectivity index (χ1v) is 6.09. The summed E-state index contributed by atoms with van der Waals surface area (Å²) in [5.41, 5.74) is 1.80. The molecule has 2 heterocycles. The van der Waals surface area contributed by atoms with Crippen LogP contribution in [-0.2, 0) is 18.3 Å². The molecule has 1 saturated heterocycles. The van der Waals surface area contributed by atoms with Gasteiger partial charge in [0.15, 0.2) is 0 Å². The highest BCUT2D eigenvalue weighted by molar-refractivity contribution is 5.37. The Kier molecular flexibility index (Phi) is 1.96. The highest BCUT2D eigenvalue weighted by atomic mass is 16.3. The zero-order valence-electron chi connectivity index (χ0n) is 9.60. The fourth-order valence-corrected chi connectivity index (χ4v) is 3.31. The van der Waals surface area contributed by atoms with Gasteiger partial charge in [0.1, 0.15) is 11.5 Å². The van der Waals surface area contributed by atoms with Crippen molar-refractivity contribution < 1.29 is 4.42 Å². The second-order valence-corrected chi connectivity index (χ2v) is 5.11. The molecule has 2 atom stereocenters. The molecule has 82 valence electrons. The topological polar surface area (TPSA) is 25.2 Å². The summed E-state index contributed by atoms with van der Waals surface area (Å²) in [6.45, 7) is 6.79. The number of furan rings is 1. The molecule has 1 aliphatic carbocycles. The van der Waals surface area contributed by atoms with Crippen molar-refractivity contribution in [2.45, 2.75) is 38.5 Å². The fourth-order valence-electron chi connectivity index (χ4n) is 3.31. The van der Waals surface area contributed by atoms with Gasteiger partial charge in [-0.15, -0.1) is 0 Å². The SMILES string of the molecule is CCc1cc2c(o1)C1(CCNC1)C(C)C2. The monoisotopic (exact) mass is 205 g/mol. The number of aryl methyl sites for hydroxylation is 1. The third kappa shape index (κ3) is 1.14. The van der Waals surface area contributed by atoms with E-state index in [9.17, 15) is 0 Å². The Balaban J connectivity index is 2.06. The molecular formula is C13H19NO. The van der Waals surface area contributed by atoms with Crippen LogP contribution in [0.25, 0.3) is 0 Å². The zero-order valence-corrected chi connectivity index (χ0v) is 9.60. The molecule has 1 aliphatic heterocycles. The van der Waals surface area contributed by atoms with Crippen LogP contribution in [-0.4, -0.2) is 13.1 Å². The van der Waals surface area contributed by atoms with Crippen LogP contribution in [0.1, 0.15) is 37.4 Å². The van der Waals surface area contributed by atoms with Crippen LogP contribution in [0.4, 0.5) is 0 Å². The van der Waals surface area contributed by atoms with Crippen molar-refractivity contribution in [3.8, 4) is 0 Å². The Morgan fingerprint density at radius 3 is 3.13 bits per heavy atom. The van der Waals surface area contributed by atoms with Crippen LogP contribution < -0.4 is 5.32 Å². The predicted molar refractivity (Wildman–Crippen MR) is 60.1 cm³/mol. The maximum atomic E-state index is 6.04. The normalized spacial score (nSPS) is 33.9. The maximum Gasteiger partial charge on any atom is 0.115 e. The van der Waals surface area contributed by atoms with E-state index < -0.39 is 0 Å². The van der Waals surface area contributed by atoms with Gasteiger partial charge in [-0.1, -0.05) is 13.8 Å². The van der Waals surface area contributed by atoms with E-state index in [4.69, 9.17) is 4.42 Å². The molecule has 2 heteroatoms. The molecule has 1 fully saturated rings. The summed E-state index contributed by atoms with van der Waals surface area (Å²) in [4.78, 5) is 0. The first-order valence-electron chi connectivity index (χ1n) is 6.09. The van der Waals surface area contributed by atoms with E-state index in [1.165, 1.54) is 24.2 Å². The minimum Gasteiger partial charge on any atom is -0.465 e. The van der Waals surface area contributed by atoms with Gasteiger partial charge in [0.05, 0.1) is 0 Å². The van der Waals surface area contributed by atoms with Gasteiger partial charge >= 0.3 is 0 Å². The zero-order chi connectivity index (χ0) is 10.5. The molecule has 1 aromatic rings. The summed E-state index contributed by atoms with van der Waals surface area (Å²) < 4.78 is 6.04. The van der Waals surface area contributed by atoms with Gasteiger partial charge in [-0.25, -0.2) is 0 Å². The summed E-state index contributed by atoms with van der Waals surface area (Å²) in [6.07, 6.45) is 3.48. The lowest BCUT2D eigenvalue weighted by molar-refractivity contribution is 0.281. The van der Waals surface area contributed by atoms with E-state index in [1.807, 2.05) is 0 Å². The maximum absolute atomic E-state index is 6.04. The summed E-state index contributed by atoms with van der Waals surface area (Å²) in [5.74, 6) is 3.21. The van der Waals surface area contributed by atoms with E-state index >= 15 is 0 Å². The van der Waals surface area contributed by atoms with Crippen LogP contribution in [0.3, 0.4) is 0 Å². The number of nitrogens with one attached hydrogen (secondary N) is 1. The lowest BCUT2D eigenvalue weighted by Crippen LogP contribution is -2.32. The van der Waals surface area contributed by atoms with E-state index in [1.54, 1.807) is 0 Å². The van der Waals surface area contributed by atoms with E-state index in [-0.39, 0.29) is 0 Å². The van der Waals surface area contributed by atoms with Crippen molar-refractivity contribution in [3.63, 3.8) is 0 Å². The number of hydrogen-bond donors (Lipinski definition) is 1. The van der Waals surface area contributed by atoms with Crippen molar-refractivity contribution in [3.05, 3.63) is 23.2 Å². The second kappa shape index (κ2) is 3.11.